The lowest BCUT2D eigenvalue weighted by Gasteiger charge is -2.18. The Morgan fingerprint density at radius 1 is 1.08 bits per heavy atom. The highest BCUT2D eigenvalue weighted by molar-refractivity contribution is 5.72. The summed E-state index contributed by atoms with van der Waals surface area (Å²) in [4.78, 5) is 8.90. The van der Waals surface area contributed by atoms with E-state index in [4.69, 9.17) is 4.74 Å². The van der Waals surface area contributed by atoms with E-state index in [-0.39, 0.29) is 6.61 Å². The Balaban J connectivity index is 2.31. The van der Waals surface area contributed by atoms with Crippen molar-refractivity contribution < 1.29 is 14.9 Å². The van der Waals surface area contributed by atoms with Gasteiger partial charge in [0.2, 0.25) is 0 Å². The van der Waals surface area contributed by atoms with Crippen LogP contribution in [0.15, 0.2) is 18.2 Å². The number of aliphatic hydroxyl groups is 2. The first kappa shape index (κ1) is 18.4. The van der Waals surface area contributed by atoms with Crippen LogP contribution in [0, 0.1) is 20.8 Å². The molecule has 0 spiro atoms. The molecule has 2 N–H and O–H groups in total. The van der Waals surface area contributed by atoms with Crippen LogP contribution >= 0.6 is 0 Å². The van der Waals surface area contributed by atoms with Crippen molar-refractivity contribution in [3.63, 3.8) is 0 Å². The molecule has 0 radical (unpaired) electrons. The highest BCUT2D eigenvalue weighted by Crippen LogP contribution is 2.31. The summed E-state index contributed by atoms with van der Waals surface area (Å²) in [6.45, 7) is 9.71. The predicted molar refractivity (Wildman–Crippen MR) is 94.0 cm³/mol. The largest absolute Gasteiger partial charge is 0.463 e. The van der Waals surface area contributed by atoms with E-state index >= 15 is 0 Å². The van der Waals surface area contributed by atoms with Gasteiger partial charge in [0, 0.05) is 12.0 Å². The van der Waals surface area contributed by atoms with E-state index in [1.165, 1.54) is 0 Å². The quantitative estimate of drug-likeness (QED) is 0.851. The minimum atomic E-state index is -0.772. The van der Waals surface area contributed by atoms with Crippen molar-refractivity contribution in [3.8, 4) is 17.1 Å². The number of rotatable bonds is 6. The Morgan fingerprint density at radius 2 is 1.71 bits per heavy atom. The van der Waals surface area contributed by atoms with Gasteiger partial charge in [-0.05, 0) is 51.3 Å². The van der Waals surface area contributed by atoms with Crippen LogP contribution in [0.25, 0.3) is 11.1 Å². The van der Waals surface area contributed by atoms with E-state index in [1.54, 1.807) is 13.8 Å². The van der Waals surface area contributed by atoms with E-state index in [9.17, 15) is 10.2 Å². The highest BCUT2D eigenvalue weighted by Gasteiger charge is 2.16. The summed E-state index contributed by atoms with van der Waals surface area (Å²) in [5.41, 5.74) is 4.82. The molecule has 5 heteroatoms. The number of hydrogen-bond donors (Lipinski definition) is 2. The average molecular weight is 330 g/mol. The summed E-state index contributed by atoms with van der Waals surface area (Å²) in [5, 5.41) is 19.2. The normalized spacial score (nSPS) is 11.6. The van der Waals surface area contributed by atoms with Gasteiger partial charge in [-0.15, -0.1) is 0 Å². The Morgan fingerprint density at radius 3 is 2.25 bits per heavy atom. The Hall–Kier alpha value is -1.98. The third-order valence-corrected chi connectivity index (χ3v) is 4.08. The van der Waals surface area contributed by atoms with Crippen LogP contribution in [0.4, 0.5) is 0 Å². The van der Waals surface area contributed by atoms with Gasteiger partial charge in [0.25, 0.3) is 0 Å². The second-order valence-corrected chi connectivity index (χ2v) is 6.71. The molecule has 0 amide bonds. The van der Waals surface area contributed by atoms with Gasteiger partial charge in [-0.25, -0.2) is 0 Å². The molecule has 1 heterocycles. The summed E-state index contributed by atoms with van der Waals surface area (Å²) in [6.07, 6.45) is 0.508. The minimum Gasteiger partial charge on any atom is -0.463 e. The van der Waals surface area contributed by atoms with Gasteiger partial charge in [0.05, 0.1) is 30.2 Å². The van der Waals surface area contributed by atoms with Crippen LogP contribution in [0.5, 0.6) is 6.01 Å². The van der Waals surface area contributed by atoms with Gasteiger partial charge in [0.1, 0.15) is 0 Å². The fourth-order valence-electron chi connectivity index (χ4n) is 2.66. The fourth-order valence-corrected chi connectivity index (χ4v) is 2.66. The van der Waals surface area contributed by atoms with Crippen LogP contribution in [0.2, 0.25) is 0 Å². The molecule has 24 heavy (non-hydrogen) atoms. The molecule has 1 aromatic heterocycles. The molecule has 0 aliphatic rings. The lowest BCUT2D eigenvalue weighted by molar-refractivity contribution is 0.0539. The SMILES string of the molecule is Cc1nc(OCCC(C)(C)O)nc(C)c1-c1cccc(CO)c1C. The number of hydrogen-bond acceptors (Lipinski definition) is 5. The lowest BCUT2D eigenvalue weighted by Crippen LogP contribution is -2.22. The molecule has 1 aromatic carbocycles. The third kappa shape index (κ3) is 4.30. The Kier molecular flexibility index (Phi) is 5.57. The van der Waals surface area contributed by atoms with Gasteiger partial charge >= 0.3 is 6.01 Å². The van der Waals surface area contributed by atoms with Crippen LogP contribution < -0.4 is 4.74 Å². The van der Waals surface area contributed by atoms with E-state index < -0.39 is 5.60 Å². The second kappa shape index (κ2) is 7.28. The first-order valence-corrected chi connectivity index (χ1v) is 8.13. The number of aliphatic hydroxyl groups excluding tert-OH is 1. The summed E-state index contributed by atoms with van der Waals surface area (Å²) >= 11 is 0. The zero-order valence-corrected chi connectivity index (χ0v) is 15.1. The van der Waals surface area contributed by atoms with Gasteiger partial charge in [0.15, 0.2) is 0 Å². The van der Waals surface area contributed by atoms with E-state index in [0.29, 0.717) is 19.0 Å². The van der Waals surface area contributed by atoms with E-state index in [2.05, 4.69) is 9.97 Å². The molecule has 5 nitrogen and oxygen atoms in total. The molecule has 0 bridgehead atoms. The van der Waals surface area contributed by atoms with Crippen LogP contribution in [-0.2, 0) is 6.61 Å². The molecule has 0 saturated carbocycles. The lowest BCUT2D eigenvalue weighted by atomic mass is 9.95. The summed E-state index contributed by atoms with van der Waals surface area (Å²) < 4.78 is 5.59. The number of aryl methyl sites for hydroxylation is 2. The number of ether oxygens (including phenoxy) is 1. The summed E-state index contributed by atoms with van der Waals surface area (Å²) in [6, 6.07) is 6.19. The van der Waals surface area contributed by atoms with Crippen molar-refractivity contribution in [3.05, 3.63) is 40.7 Å². The zero-order chi connectivity index (χ0) is 17.9. The standard InChI is InChI=1S/C19H26N2O3/c1-12-15(11-22)7-6-8-16(12)17-13(2)20-18(21-14(17)3)24-10-9-19(4,5)23/h6-8,22-23H,9-11H2,1-5H3. The summed E-state index contributed by atoms with van der Waals surface area (Å²) in [7, 11) is 0. The summed E-state index contributed by atoms with van der Waals surface area (Å²) in [5.74, 6) is 0. The van der Waals surface area contributed by atoms with Crippen molar-refractivity contribution in [1.29, 1.82) is 0 Å². The van der Waals surface area contributed by atoms with Gasteiger partial charge in [-0.1, -0.05) is 18.2 Å². The molecule has 0 atom stereocenters. The molecule has 0 unspecified atom stereocenters. The third-order valence-electron chi connectivity index (χ3n) is 4.08. The highest BCUT2D eigenvalue weighted by atomic mass is 16.5. The molecule has 2 rings (SSSR count). The number of aromatic nitrogens is 2. The maximum Gasteiger partial charge on any atom is 0.316 e. The maximum atomic E-state index is 9.74. The first-order valence-electron chi connectivity index (χ1n) is 8.13. The Labute approximate surface area is 143 Å². The molecule has 0 aliphatic heterocycles. The molecule has 0 fully saturated rings. The van der Waals surface area contributed by atoms with Gasteiger partial charge in [-0.2, -0.15) is 9.97 Å². The van der Waals surface area contributed by atoms with E-state index in [1.807, 2.05) is 39.0 Å². The van der Waals surface area contributed by atoms with Crippen molar-refractivity contribution in [2.75, 3.05) is 6.61 Å². The predicted octanol–water partition coefficient (Wildman–Crippen LogP) is 3.10. The minimum absolute atomic E-state index is 0.0107. The van der Waals surface area contributed by atoms with Crippen molar-refractivity contribution in [2.24, 2.45) is 0 Å². The van der Waals surface area contributed by atoms with Gasteiger partial charge in [-0.3, -0.25) is 0 Å². The molecule has 0 aliphatic carbocycles. The molecule has 0 saturated heterocycles. The van der Waals surface area contributed by atoms with E-state index in [0.717, 1.165) is 33.6 Å². The molecule has 130 valence electrons. The average Bonchev–Trinajstić information content (AvgIpc) is 2.47. The first-order chi connectivity index (χ1) is 11.2. The number of nitrogens with zero attached hydrogens (tertiary/aromatic N) is 2. The maximum absolute atomic E-state index is 9.74. The second-order valence-electron chi connectivity index (χ2n) is 6.71. The van der Waals surface area contributed by atoms with Crippen molar-refractivity contribution >= 4 is 0 Å². The van der Waals surface area contributed by atoms with Gasteiger partial charge < -0.3 is 14.9 Å². The van der Waals surface area contributed by atoms with Crippen LogP contribution in [0.3, 0.4) is 0 Å². The monoisotopic (exact) mass is 330 g/mol. The van der Waals surface area contributed by atoms with Crippen LogP contribution in [0.1, 0.15) is 42.8 Å². The Bertz CT molecular complexity index is 698. The van der Waals surface area contributed by atoms with Crippen molar-refractivity contribution in [2.45, 2.75) is 53.2 Å². The number of benzene rings is 1. The molecular formula is C19H26N2O3. The van der Waals surface area contributed by atoms with Crippen LogP contribution in [-0.4, -0.2) is 32.4 Å². The molecular weight excluding hydrogens is 304 g/mol. The van der Waals surface area contributed by atoms with Crippen molar-refractivity contribution in [1.82, 2.24) is 9.97 Å². The zero-order valence-electron chi connectivity index (χ0n) is 15.1. The smallest absolute Gasteiger partial charge is 0.316 e. The fraction of sp³-hybridized carbons (Fsp3) is 0.474. The topological polar surface area (TPSA) is 75.5 Å². The molecule has 2 aromatic rings.